The van der Waals surface area contributed by atoms with Crippen molar-refractivity contribution in [1.82, 2.24) is 15.3 Å². The third kappa shape index (κ3) is 6.63. The molecule has 27 heavy (non-hydrogen) atoms. The van der Waals surface area contributed by atoms with E-state index in [1.54, 1.807) is 19.3 Å². The van der Waals surface area contributed by atoms with E-state index in [1.807, 2.05) is 19.9 Å². The Hall–Kier alpha value is -2.48. The summed E-state index contributed by atoms with van der Waals surface area (Å²) >= 11 is 0. The first-order valence-corrected chi connectivity index (χ1v) is 9.42. The number of hydrogen-bond acceptors (Lipinski definition) is 7. The van der Waals surface area contributed by atoms with E-state index in [0.717, 1.165) is 12.8 Å². The minimum atomic E-state index is -0.615. The molecule has 2 rings (SSSR count). The maximum Gasteiger partial charge on any atom is 0.412 e. The van der Waals surface area contributed by atoms with Crippen LogP contribution in [0.25, 0.3) is 5.70 Å². The van der Waals surface area contributed by atoms with Crippen LogP contribution >= 0.6 is 0 Å². The average Bonchev–Trinajstić information content (AvgIpc) is 2.65. The number of aromatic nitrogens is 1. The van der Waals surface area contributed by atoms with Crippen molar-refractivity contribution < 1.29 is 14.3 Å². The minimum Gasteiger partial charge on any atom is -0.489 e. The molecule has 0 atom stereocenters. The fraction of sp³-hybridized carbons (Fsp3) is 0.579. The van der Waals surface area contributed by atoms with Gasteiger partial charge in [-0.3, -0.25) is 15.3 Å². The van der Waals surface area contributed by atoms with Crippen molar-refractivity contribution in [2.75, 3.05) is 13.7 Å². The van der Waals surface area contributed by atoms with Gasteiger partial charge < -0.3 is 15.2 Å². The van der Waals surface area contributed by atoms with Crippen molar-refractivity contribution in [3.05, 3.63) is 29.8 Å². The van der Waals surface area contributed by atoms with E-state index in [4.69, 9.17) is 21.1 Å². The predicted octanol–water partition coefficient (Wildman–Crippen LogP) is 2.57. The maximum atomic E-state index is 11.9. The van der Waals surface area contributed by atoms with Gasteiger partial charge in [-0.1, -0.05) is 20.3 Å². The van der Waals surface area contributed by atoms with Gasteiger partial charge in [0, 0.05) is 7.05 Å². The van der Waals surface area contributed by atoms with E-state index < -0.39 is 6.09 Å². The number of pyridine rings is 1. The molecular formula is C19H31N5O3. The molecule has 1 aliphatic rings. The highest BCUT2D eigenvalue weighted by atomic mass is 16.5. The lowest BCUT2D eigenvalue weighted by Gasteiger charge is -2.23. The number of nitrogens with zero attached hydrogens (tertiary/aromatic N) is 2. The molecule has 1 aliphatic carbocycles. The Morgan fingerprint density at radius 2 is 2.04 bits per heavy atom. The van der Waals surface area contributed by atoms with E-state index in [2.05, 4.69) is 10.3 Å². The molecule has 8 nitrogen and oxygen atoms in total. The number of nitrogens with one attached hydrogen (secondary N) is 1. The molecule has 1 fully saturated rings. The molecule has 0 aliphatic heterocycles. The molecule has 1 saturated carbocycles. The lowest BCUT2D eigenvalue weighted by atomic mass is 9.98. The fourth-order valence-corrected chi connectivity index (χ4v) is 2.83. The van der Waals surface area contributed by atoms with Gasteiger partial charge in [0.15, 0.2) is 5.82 Å². The van der Waals surface area contributed by atoms with Crippen LogP contribution in [0.1, 0.15) is 51.6 Å². The Labute approximate surface area is 160 Å². The van der Waals surface area contributed by atoms with Crippen LogP contribution in [0.3, 0.4) is 0 Å². The quantitative estimate of drug-likeness (QED) is 0.494. The van der Waals surface area contributed by atoms with Crippen molar-refractivity contribution in [2.45, 2.75) is 52.1 Å². The van der Waals surface area contributed by atoms with Gasteiger partial charge in [-0.15, -0.1) is 0 Å². The molecule has 150 valence electrons. The number of amides is 1. The van der Waals surface area contributed by atoms with Crippen molar-refractivity contribution in [3.8, 4) is 5.75 Å². The second kappa shape index (κ2) is 10.0. The molecule has 0 radical (unpaired) electrons. The van der Waals surface area contributed by atoms with Gasteiger partial charge in [0.2, 0.25) is 0 Å². The van der Waals surface area contributed by atoms with Gasteiger partial charge in [0.05, 0.1) is 24.6 Å². The molecule has 1 aromatic rings. The van der Waals surface area contributed by atoms with Gasteiger partial charge in [-0.25, -0.2) is 10.6 Å². The summed E-state index contributed by atoms with van der Waals surface area (Å²) in [6.45, 7) is 4.21. The van der Waals surface area contributed by atoms with Crippen LogP contribution in [0.15, 0.2) is 24.2 Å². The Balaban J connectivity index is 2.06. The molecule has 0 bridgehead atoms. The van der Waals surface area contributed by atoms with E-state index in [-0.39, 0.29) is 23.5 Å². The fourth-order valence-electron chi connectivity index (χ4n) is 2.83. The molecule has 5 N–H and O–H groups in total. The normalized spacial score (nSPS) is 15.9. The lowest BCUT2D eigenvalue weighted by molar-refractivity contribution is 0.133. The minimum absolute atomic E-state index is 0.220. The van der Waals surface area contributed by atoms with E-state index in [1.165, 1.54) is 24.3 Å². The number of nitrogens with two attached hydrogens (primary N) is 2. The number of alkyl carbamates (subject to hydrolysis) is 1. The number of carbonyl (C=O) groups excluding carboxylic acids is 1. The molecule has 0 aromatic carbocycles. The van der Waals surface area contributed by atoms with Gasteiger partial charge >= 0.3 is 6.09 Å². The molecular weight excluding hydrogens is 346 g/mol. The number of ether oxygens (including phenoxy) is 2. The molecule has 1 heterocycles. The summed E-state index contributed by atoms with van der Waals surface area (Å²) in [6, 6.07) is 3.58. The second-order valence-corrected chi connectivity index (χ2v) is 7.25. The molecule has 0 unspecified atom stereocenters. The zero-order valence-electron chi connectivity index (χ0n) is 16.4. The third-order valence-electron chi connectivity index (χ3n) is 4.24. The zero-order valence-corrected chi connectivity index (χ0v) is 16.4. The first-order chi connectivity index (χ1) is 12.9. The molecule has 0 spiro atoms. The standard InChI is InChI=1S/C19H31N5O3/c1-13(2)12-26-19(25)23-18(24(3)21)17(20)16-10-9-15(11-22-16)27-14-7-5-4-6-8-14/h9-11,13-14H,4-8,12,20-21H2,1-3H3,(H,23,25)/b18-17-. The topological polar surface area (TPSA) is 116 Å². The Kier molecular flexibility index (Phi) is 7.72. The highest BCUT2D eigenvalue weighted by Crippen LogP contribution is 2.23. The summed E-state index contributed by atoms with van der Waals surface area (Å²) < 4.78 is 11.1. The average molecular weight is 377 g/mol. The van der Waals surface area contributed by atoms with E-state index in [0.29, 0.717) is 18.1 Å². The van der Waals surface area contributed by atoms with Gasteiger partial charge in [0.25, 0.3) is 0 Å². The van der Waals surface area contributed by atoms with Gasteiger partial charge in [0.1, 0.15) is 11.4 Å². The third-order valence-corrected chi connectivity index (χ3v) is 4.24. The van der Waals surface area contributed by atoms with Crippen LogP contribution in [0, 0.1) is 5.92 Å². The molecule has 1 amide bonds. The summed E-state index contributed by atoms with van der Waals surface area (Å²) in [5.74, 6) is 6.97. The summed E-state index contributed by atoms with van der Waals surface area (Å²) in [5, 5.41) is 3.80. The predicted molar refractivity (Wildman–Crippen MR) is 104 cm³/mol. The van der Waals surface area contributed by atoms with Crippen molar-refractivity contribution in [3.63, 3.8) is 0 Å². The SMILES string of the molecule is CC(C)COC(=O)N/C(=C(/N)c1ccc(OC2CCCCC2)cn1)N(C)N. The van der Waals surface area contributed by atoms with Crippen molar-refractivity contribution in [2.24, 2.45) is 17.5 Å². The first kappa shape index (κ1) is 20.8. The maximum absolute atomic E-state index is 11.9. The van der Waals surface area contributed by atoms with Crippen molar-refractivity contribution in [1.29, 1.82) is 0 Å². The Morgan fingerprint density at radius 3 is 2.59 bits per heavy atom. The molecule has 0 saturated heterocycles. The van der Waals surface area contributed by atoms with Crippen LogP contribution in [-0.2, 0) is 4.74 Å². The lowest BCUT2D eigenvalue weighted by Crippen LogP contribution is -2.39. The number of hydrazine groups is 1. The summed E-state index contributed by atoms with van der Waals surface area (Å²) in [7, 11) is 1.57. The van der Waals surface area contributed by atoms with E-state index in [9.17, 15) is 4.79 Å². The summed E-state index contributed by atoms with van der Waals surface area (Å²) in [6.07, 6.45) is 7.12. The van der Waals surface area contributed by atoms with Gasteiger partial charge in [-0.05, 0) is 43.7 Å². The summed E-state index contributed by atoms with van der Waals surface area (Å²) in [4.78, 5) is 16.3. The first-order valence-electron chi connectivity index (χ1n) is 9.42. The highest BCUT2D eigenvalue weighted by Gasteiger charge is 2.17. The monoisotopic (exact) mass is 377 g/mol. The highest BCUT2D eigenvalue weighted by molar-refractivity contribution is 5.74. The van der Waals surface area contributed by atoms with Crippen LogP contribution in [-0.4, -0.2) is 35.8 Å². The number of rotatable bonds is 7. The summed E-state index contributed by atoms with van der Waals surface area (Å²) in [5.41, 5.74) is 6.89. The second-order valence-electron chi connectivity index (χ2n) is 7.25. The Bertz CT molecular complexity index is 637. The van der Waals surface area contributed by atoms with E-state index >= 15 is 0 Å². The molecule has 1 aromatic heterocycles. The van der Waals surface area contributed by atoms with Crippen molar-refractivity contribution >= 4 is 11.8 Å². The van der Waals surface area contributed by atoms with Crippen LogP contribution < -0.4 is 21.6 Å². The van der Waals surface area contributed by atoms with Gasteiger partial charge in [-0.2, -0.15) is 0 Å². The molecule has 8 heteroatoms. The van der Waals surface area contributed by atoms with Crippen LogP contribution in [0.4, 0.5) is 4.79 Å². The largest absolute Gasteiger partial charge is 0.489 e. The zero-order chi connectivity index (χ0) is 19.8. The number of hydrogen-bond donors (Lipinski definition) is 3. The van der Waals surface area contributed by atoms with Crippen LogP contribution in [0.5, 0.6) is 5.75 Å². The van der Waals surface area contributed by atoms with Crippen LogP contribution in [0.2, 0.25) is 0 Å². The Morgan fingerprint density at radius 1 is 1.33 bits per heavy atom. The number of carbonyl (C=O) groups is 1. The smallest absolute Gasteiger partial charge is 0.412 e.